The predicted molar refractivity (Wildman–Crippen MR) is 276 cm³/mol. The van der Waals surface area contributed by atoms with Crippen LogP contribution in [0.4, 0.5) is 0 Å². The standard InChI is InChI=1S/2C28H44O3S.Ca/c2*1-3-5-7-9-11-13-15-17-24-21-26-19-20-28(32(29,30)31)23-27(26)22-25(24)18-16-14-12-10-8-6-4-2;/h2*19-23H,3-18H2,1-2H3,(H,29,30,31);/q;;+2/p-2. The van der Waals surface area contributed by atoms with Gasteiger partial charge in [-0.2, -0.15) is 0 Å². The molecule has 65 heavy (non-hydrogen) atoms. The number of hydrogen-bond donors (Lipinski definition) is 0. The Kier molecular flexibility index (Phi) is 31.8. The van der Waals surface area contributed by atoms with E-state index in [4.69, 9.17) is 0 Å². The maximum atomic E-state index is 11.5. The van der Waals surface area contributed by atoms with Crippen LogP contribution in [0.5, 0.6) is 0 Å². The number of hydrogen-bond acceptors (Lipinski definition) is 6. The molecule has 0 N–H and O–H groups in total. The third-order valence-electron chi connectivity index (χ3n) is 13.0. The average Bonchev–Trinajstić information content (AvgIpc) is 3.27. The Bertz CT molecular complexity index is 1960. The van der Waals surface area contributed by atoms with Gasteiger partial charge in [-0.25, -0.2) is 16.8 Å². The van der Waals surface area contributed by atoms with Crippen LogP contribution in [0.1, 0.15) is 230 Å². The number of rotatable bonds is 34. The molecule has 0 saturated heterocycles. The van der Waals surface area contributed by atoms with Crippen LogP contribution in [0.15, 0.2) is 70.5 Å². The van der Waals surface area contributed by atoms with Crippen molar-refractivity contribution >= 4 is 79.5 Å². The third kappa shape index (κ3) is 24.6. The fourth-order valence-electron chi connectivity index (χ4n) is 9.07. The molecule has 0 saturated carbocycles. The summed E-state index contributed by atoms with van der Waals surface area (Å²) in [5, 5.41) is 3.78. The minimum absolute atomic E-state index is 0. The number of aryl methyl sites for hydroxylation is 4. The van der Waals surface area contributed by atoms with Gasteiger partial charge in [0.1, 0.15) is 20.2 Å². The van der Waals surface area contributed by atoms with E-state index < -0.39 is 20.2 Å². The van der Waals surface area contributed by atoms with Crippen molar-refractivity contribution in [2.75, 3.05) is 0 Å². The van der Waals surface area contributed by atoms with Gasteiger partial charge in [0.05, 0.1) is 9.79 Å². The van der Waals surface area contributed by atoms with Gasteiger partial charge in [-0.3, -0.25) is 0 Å². The maximum Gasteiger partial charge on any atom is 2.00 e. The second-order valence-corrected chi connectivity index (χ2v) is 21.4. The summed E-state index contributed by atoms with van der Waals surface area (Å²) in [4.78, 5) is -0.265. The van der Waals surface area contributed by atoms with Gasteiger partial charge in [0.25, 0.3) is 0 Å². The third-order valence-corrected chi connectivity index (χ3v) is 14.7. The monoisotopic (exact) mass is 959 g/mol. The molecule has 4 aromatic rings. The fraction of sp³-hybridized carbons (Fsp3) is 0.643. The first-order chi connectivity index (χ1) is 30.9. The molecule has 6 nitrogen and oxygen atoms in total. The van der Waals surface area contributed by atoms with Crippen LogP contribution >= 0.6 is 0 Å². The van der Waals surface area contributed by atoms with Crippen LogP contribution in [0.3, 0.4) is 0 Å². The van der Waals surface area contributed by atoms with Crippen LogP contribution in [0.25, 0.3) is 21.5 Å². The first-order valence-corrected chi connectivity index (χ1v) is 28.8. The summed E-state index contributed by atoms with van der Waals surface area (Å²) in [5.74, 6) is 0. The van der Waals surface area contributed by atoms with Gasteiger partial charge in [0, 0.05) is 0 Å². The van der Waals surface area contributed by atoms with Gasteiger partial charge in [0.2, 0.25) is 0 Å². The smallest absolute Gasteiger partial charge is 0.744 e. The van der Waals surface area contributed by atoms with Crippen LogP contribution in [-0.2, 0) is 45.9 Å². The summed E-state index contributed by atoms with van der Waals surface area (Å²) in [7, 11) is -8.85. The summed E-state index contributed by atoms with van der Waals surface area (Å²) in [6, 6.07) is 18.3. The molecule has 0 spiro atoms. The molecule has 0 atom stereocenters. The minimum Gasteiger partial charge on any atom is -0.744 e. The minimum atomic E-state index is -4.43. The van der Waals surface area contributed by atoms with E-state index in [9.17, 15) is 25.9 Å². The van der Waals surface area contributed by atoms with Gasteiger partial charge < -0.3 is 9.11 Å². The molecule has 0 unspecified atom stereocenters. The molecular weight excluding hydrogens is 873 g/mol. The van der Waals surface area contributed by atoms with Gasteiger partial charge in [-0.1, -0.05) is 218 Å². The van der Waals surface area contributed by atoms with Crippen LogP contribution in [0.2, 0.25) is 0 Å². The molecule has 0 amide bonds. The van der Waals surface area contributed by atoms with Gasteiger partial charge in [0.15, 0.2) is 0 Å². The first kappa shape index (κ1) is 59.6. The van der Waals surface area contributed by atoms with Crippen LogP contribution in [0, 0.1) is 0 Å². The molecule has 0 heterocycles. The Morgan fingerprint density at radius 2 is 0.523 bits per heavy atom. The Balaban J connectivity index is 0.000000440. The Hall–Kier alpha value is -1.52. The second-order valence-electron chi connectivity index (χ2n) is 18.7. The van der Waals surface area contributed by atoms with Crippen molar-refractivity contribution in [1.82, 2.24) is 0 Å². The predicted octanol–water partition coefficient (Wildman–Crippen LogP) is 16.3. The van der Waals surface area contributed by atoms with Crippen LogP contribution in [-0.4, -0.2) is 63.7 Å². The number of unbranched alkanes of at least 4 members (excludes halogenated alkanes) is 24. The van der Waals surface area contributed by atoms with E-state index in [0.29, 0.717) is 0 Å². The molecule has 0 aliphatic carbocycles. The quantitative estimate of drug-likeness (QED) is 0.0262. The van der Waals surface area contributed by atoms with Crippen molar-refractivity contribution in [1.29, 1.82) is 0 Å². The van der Waals surface area contributed by atoms with Gasteiger partial charge >= 0.3 is 37.7 Å². The summed E-state index contributed by atoms with van der Waals surface area (Å²) in [5.41, 5.74) is 5.46. The van der Waals surface area contributed by atoms with Crippen LogP contribution < -0.4 is 0 Å². The maximum absolute atomic E-state index is 11.5. The molecule has 0 aliphatic heterocycles. The molecule has 0 fully saturated rings. The Morgan fingerprint density at radius 1 is 0.308 bits per heavy atom. The number of fused-ring (bicyclic) bond motifs is 2. The summed E-state index contributed by atoms with van der Waals surface area (Å²) in [6.45, 7) is 9.00. The van der Waals surface area contributed by atoms with Gasteiger partial charge in [-0.05, 0) is 119 Å². The second kappa shape index (κ2) is 34.7. The van der Waals surface area contributed by atoms with Crippen molar-refractivity contribution in [2.45, 2.75) is 243 Å². The molecule has 0 radical (unpaired) electrons. The zero-order valence-corrected chi connectivity index (χ0v) is 45.2. The summed E-state index contributed by atoms with van der Waals surface area (Å²) in [6.07, 6.45) is 40.4. The molecule has 4 rings (SSSR count). The zero-order valence-electron chi connectivity index (χ0n) is 41.4. The van der Waals surface area contributed by atoms with E-state index in [0.717, 1.165) is 47.2 Å². The topological polar surface area (TPSA) is 114 Å². The molecule has 4 aromatic carbocycles. The molecular formula is C56H86CaO6S2. The Morgan fingerprint density at radius 3 is 0.754 bits per heavy atom. The SMILES string of the molecule is CCCCCCCCCc1cc2ccc(S(=O)(=O)[O-])cc2cc1CCCCCCCCC.CCCCCCCCCc1cc2ccc(S(=O)(=O)[O-])cc2cc1CCCCCCCCC.[Ca+2]. The largest absolute Gasteiger partial charge is 2.00 e. The van der Waals surface area contributed by atoms with E-state index >= 15 is 0 Å². The molecule has 9 heteroatoms. The normalized spacial score (nSPS) is 11.8. The van der Waals surface area contributed by atoms with E-state index in [1.807, 2.05) is 0 Å². The van der Waals surface area contributed by atoms with Gasteiger partial charge in [-0.15, -0.1) is 0 Å². The molecule has 360 valence electrons. The van der Waals surface area contributed by atoms with E-state index in [1.165, 1.54) is 214 Å². The zero-order chi connectivity index (χ0) is 46.5. The van der Waals surface area contributed by atoms with E-state index in [2.05, 4.69) is 52.0 Å². The van der Waals surface area contributed by atoms with Crippen molar-refractivity contribution in [3.63, 3.8) is 0 Å². The first-order valence-electron chi connectivity index (χ1n) is 25.9. The van der Waals surface area contributed by atoms with Crippen molar-refractivity contribution in [3.8, 4) is 0 Å². The summed E-state index contributed by atoms with van der Waals surface area (Å²) >= 11 is 0. The molecule has 0 bridgehead atoms. The van der Waals surface area contributed by atoms with Crippen molar-refractivity contribution in [3.05, 3.63) is 82.9 Å². The van der Waals surface area contributed by atoms with E-state index in [-0.39, 0.29) is 47.5 Å². The molecule has 0 aliphatic rings. The van der Waals surface area contributed by atoms with Crippen molar-refractivity contribution < 1.29 is 25.9 Å². The Labute approximate surface area is 427 Å². The number of benzene rings is 4. The molecule has 0 aromatic heterocycles. The fourth-order valence-corrected chi connectivity index (χ4v) is 10.1. The van der Waals surface area contributed by atoms with E-state index in [1.54, 1.807) is 24.3 Å². The summed E-state index contributed by atoms with van der Waals surface area (Å²) < 4.78 is 68.8. The average molecular weight is 960 g/mol. The van der Waals surface area contributed by atoms with Crippen molar-refractivity contribution in [2.24, 2.45) is 0 Å².